The molecular formula is C21H14ClN3O3S. The van der Waals surface area contributed by atoms with Gasteiger partial charge in [0.15, 0.2) is 10.7 Å². The molecule has 0 saturated heterocycles. The molecule has 3 aromatic carbocycles. The van der Waals surface area contributed by atoms with Gasteiger partial charge >= 0.3 is 0 Å². The van der Waals surface area contributed by atoms with Crippen molar-refractivity contribution in [3.63, 3.8) is 0 Å². The molecule has 0 saturated carbocycles. The number of oxazole rings is 1. The summed E-state index contributed by atoms with van der Waals surface area (Å²) in [6.07, 6.45) is 0. The summed E-state index contributed by atoms with van der Waals surface area (Å²) in [5.74, 6) is -0.0891. The van der Waals surface area contributed by atoms with E-state index in [1.54, 1.807) is 42.5 Å². The van der Waals surface area contributed by atoms with Gasteiger partial charge in [-0.1, -0.05) is 23.7 Å². The molecule has 0 aliphatic rings. The number of nitrogens with one attached hydrogen (secondary N) is 2. The zero-order chi connectivity index (χ0) is 20.4. The zero-order valence-corrected chi connectivity index (χ0v) is 16.4. The second-order valence-corrected chi connectivity index (χ2v) is 6.98. The number of rotatable bonds is 3. The van der Waals surface area contributed by atoms with Crippen molar-refractivity contribution in [2.45, 2.75) is 0 Å². The van der Waals surface area contributed by atoms with Crippen molar-refractivity contribution in [2.75, 3.05) is 5.32 Å². The molecule has 0 spiro atoms. The maximum absolute atomic E-state index is 12.2. The predicted octanol–water partition coefficient (Wildman–Crippen LogP) is 4.98. The summed E-state index contributed by atoms with van der Waals surface area (Å²) < 4.78 is 5.68. The van der Waals surface area contributed by atoms with Crippen molar-refractivity contribution in [3.05, 3.63) is 77.3 Å². The highest BCUT2D eigenvalue weighted by atomic mass is 35.5. The maximum Gasteiger partial charge on any atom is 0.257 e. The first-order chi connectivity index (χ1) is 14.0. The molecule has 0 radical (unpaired) electrons. The average molecular weight is 424 g/mol. The molecule has 144 valence electrons. The molecule has 0 aliphatic heterocycles. The van der Waals surface area contributed by atoms with Crippen LogP contribution >= 0.6 is 23.8 Å². The van der Waals surface area contributed by atoms with Crippen LogP contribution < -0.4 is 10.6 Å². The van der Waals surface area contributed by atoms with Crippen LogP contribution in [0.2, 0.25) is 5.02 Å². The molecule has 0 atom stereocenters. The number of carbonyl (C=O) groups is 1. The van der Waals surface area contributed by atoms with Gasteiger partial charge in [0.25, 0.3) is 5.91 Å². The summed E-state index contributed by atoms with van der Waals surface area (Å²) in [5.41, 5.74) is 2.71. The van der Waals surface area contributed by atoms with Crippen molar-refractivity contribution < 1.29 is 14.3 Å². The first-order valence-electron chi connectivity index (χ1n) is 8.56. The normalized spacial score (nSPS) is 10.7. The number of hydrogen-bond acceptors (Lipinski definition) is 5. The Morgan fingerprint density at radius 1 is 1.07 bits per heavy atom. The van der Waals surface area contributed by atoms with Crippen LogP contribution in [-0.2, 0) is 0 Å². The molecule has 8 heteroatoms. The molecule has 4 rings (SSSR count). The number of carbonyl (C=O) groups excluding carboxylic acids is 1. The molecule has 1 amide bonds. The quantitative estimate of drug-likeness (QED) is 0.403. The van der Waals surface area contributed by atoms with Crippen LogP contribution in [-0.4, -0.2) is 21.1 Å². The van der Waals surface area contributed by atoms with Crippen LogP contribution in [0.5, 0.6) is 5.75 Å². The van der Waals surface area contributed by atoms with Crippen molar-refractivity contribution >= 4 is 51.6 Å². The number of amides is 1. The van der Waals surface area contributed by atoms with E-state index in [0.717, 1.165) is 0 Å². The summed E-state index contributed by atoms with van der Waals surface area (Å²) in [6, 6.07) is 18.6. The fourth-order valence-electron chi connectivity index (χ4n) is 2.72. The molecule has 3 N–H and O–H groups in total. The molecule has 1 aromatic heterocycles. The van der Waals surface area contributed by atoms with Crippen molar-refractivity contribution in [2.24, 2.45) is 0 Å². The summed E-state index contributed by atoms with van der Waals surface area (Å²) in [7, 11) is 0. The Kier molecular flexibility index (Phi) is 5.16. The molecule has 0 fully saturated rings. The highest BCUT2D eigenvalue weighted by Crippen LogP contribution is 2.33. The van der Waals surface area contributed by atoms with Gasteiger partial charge in [-0.2, -0.15) is 0 Å². The van der Waals surface area contributed by atoms with Crippen LogP contribution in [0.3, 0.4) is 0 Å². The maximum atomic E-state index is 12.2. The monoisotopic (exact) mass is 423 g/mol. The number of anilines is 1. The van der Waals surface area contributed by atoms with Crippen LogP contribution in [0.25, 0.3) is 22.6 Å². The van der Waals surface area contributed by atoms with E-state index in [2.05, 4.69) is 15.6 Å². The van der Waals surface area contributed by atoms with Gasteiger partial charge in [0, 0.05) is 22.3 Å². The van der Waals surface area contributed by atoms with Gasteiger partial charge in [-0.3, -0.25) is 10.1 Å². The minimum Gasteiger partial charge on any atom is -0.507 e. The number of aromatic nitrogens is 1. The summed E-state index contributed by atoms with van der Waals surface area (Å²) in [6.45, 7) is 0. The van der Waals surface area contributed by atoms with Crippen LogP contribution in [0.15, 0.2) is 71.1 Å². The Hall–Kier alpha value is -3.42. The highest BCUT2D eigenvalue weighted by molar-refractivity contribution is 7.80. The Morgan fingerprint density at radius 3 is 2.55 bits per heavy atom. The van der Waals surface area contributed by atoms with E-state index in [0.29, 0.717) is 38.8 Å². The molecule has 4 aromatic rings. The number of fused-ring (bicyclic) bond motifs is 1. The van der Waals surface area contributed by atoms with Gasteiger partial charge in [0.1, 0.15) is 11.3 Å². The second kappa shape index (κ2) is 7.90. The molecule has 29 heavy (non-hydrogen) atoms. The van der Waals surface area contributed by atoms with Crippen LogP contribution in [0.1, 0.15) is 10.4 Å². The number of para-hydroxylation sites is 2. The number of aromatic hydroxyl groups is 1. The SMILES string of the molecule is O=C(NC(=S)Nc1ccc(-c2nc3ccccc3o2)c(O)c1)c1ccc(Cl)cc1. The number of hydrogen-bond donors (Lipinski definition) is 3. The van der Waals surface area contributed by atoms with Gasteiger partial charge in [-0.05, 0) is 60.7 Å². The van der Waals surface area contributed by atoms with E-state index < -0.39 is 0 Å². The zero-order valence-electron chi connectivity index (χ0n) is 14.8. The predicted molar refractivity (Wildman–Crippen MR) is 116 cm³/mol. The number of phenols is 1. The second-order valence-electron chi connectivity index (χ2n) is 6.13. The number of thiocarbonyl (C=S) groups is 1. The average Bonchev–Trinajstić information content (AvgIpc) is 3.12. The molecule has 0 aliphatic carbocycles. The summed E-state index contributed by atoms with van der Waals surface area (Å²) in [4.78, 5) is 16.6. The third kappa shape index (κ3) is 4.21. The van der Waals surface area contributed by atoms with Gasteiger partial charge in [0.05, 0.1) is 5.56 Å². The van der Waals surface area contributed by atoms with E-state index >= 15 is 0 Å². The third-order valence-electron chi connectivity index (χ3n) is 4.11. The van der Waals surface area contributed by atoms with E-state index in [9.17, 15) is 9.90 Å². The third-order valence-corrected chi connectivity index (χ3v) is 4.57. The molecule has 6 nitrogen and oxygen atoms in total. The minimum absolute atomic E-state index is 0.0339. The number of phenolic OH excluding ortho intramolecular Hbond substituents is 1. The van der Waals surface area contributed by atoms with Gasteiger partial charge in [-0.25, -0.2) is 4.98 Å². The van der Waals surface area contributed by atoms with Crippen molar-refractivity contribution in [1.29, 1.82) is 0 Å². The Balaban J connectivity index is 1.47. The van der Waals surface area contributed by atoms with Crippen LogP contribution in [0.4, 0.5) is 5.69 Å². The summed E-state index contributed by atoms with van der Waals surface area (Å²) >= 11 is 11.0. The molecule has 0 bridgehead atoms. The molecule has 0 unspecified atom stereocenters. The Labute approximate surface area is 176 Å². The Morgan fingerprint density at radius 2 is 1.83 bits per heavy atom. The van der Waals surface area contributed by atoms with Gasteiger partial charge in [-0.15, -0.1) is 0 Å². The van der Waals surface area contributed by atoms with E-state index in [-0.39, 0.29) is 16.8 Å². The lowest BCUT2D eigenvalue weighted by Crippen LogP contribution is -2.34. The lowest BCUT2D eigenvalue weighted by Gasteiger charge is -2.11. The smallest absolute Gasteiger partial charge is 0.257 e. The first kappa shape index (κ1) is 18.9. The van der Waals surface area contributed by atoms with E-state index in [1.807, 2.05) is 18.2 Å². The Bertz CT molecular complexity index is 1190. The first-order valence-corrected chi connectivity index (χ1v) is 9.35. The van der Waals surface area contributed by atoms with Gasteiger partial charge in [0.2, 0.25) is 5.89 Å². The topological polar surface area (TPSA) is 87.4 Å². The fraction of sp³-hybridized carbons (Fsp3) is 0. The lowest BCUT2D eigenvalue weighted by atomic mass is 10.2. The van der Waals surface area contributed by atoms with Crippen molar-refractivity contribution in [3.8, 4) is 17.2 Å². The number of benzene rings is 3. The number of halogens is 1. The lowest BCUT2D eigenvalue weighted by molar-refractivity contribution is 0.0977. The van der Waals surface area contributed by atoms with E-state index in [1.165, 1.54) is 6.07 Å². The molecular weight excluding hydrogens is 410 g/mol. The van der Waals surface area contributed by atoms with Crippen LogP contribution in [0, 0.1) is 0 Å². The fourth-order valence-corrected chi connectivity index (χ4v) is 3.05. The minimum atomic E-state index is -0.369. The summed E-state index contributed by atoms with van der Waals surface area (Å²) in [5, 5.41) is 16.5. The van der Waals surface area contributed by atoms with Crippen molar-refractivity contribution in [1.82, 2.24) is 10.3 Å². The highest BCUT2D eigenvalue weighted by Gasteiger charge is 2.13. The molecule has 1 heterocycles. The standard InChI is InChI=1S/C21H14ClN3O3S/c22-13-7-5-12(6-8-13)19(27)25-21(29)23-14-9-10-15(17(26)11-14)20-24-16-3-1-2-4-18(16)28-20/h1-11,26H,(H2,23,25,27,29). The largest absolute Gasteiger partial charge is 0.507 e. The van der Waals surface area contributed by atoms with E-state index in [4.69, 9.17) is 28.2 Å². The number of nitrogens with zero attached hydrogens (tertiary/aromatic N) is 1. The van der Waals surface area contributed by atoms with Gasteiger partial charge < -0.3 is 14.8 Å².